The van der Waals surface area contributed by atoms with E-state index in [0.717, 1.165) is 0 Å². The first-order valence-electron chi connectivity index (χ1n) is 4.98. The van der Waals surface area contributed by atoms with Gasteiger partial charge >= 0.3 is 0 Å². The van der Waals surface area contributed by atoms with Crippen molar-refractivity contribution in [3.8, 4) is 0 Å². The van der Waals surface area contributed by atoms with Gasteiger partial charge in [0.15, 0.2) is 0 Å². The van der Waals surface area contributed by atoms with Crippen LogP contribution in [0.5, 0.6) is 0 Å². The highest BCUT2D eigenvalue weighted by Crippen LogP contribution is 2.19. The minimum Gasteiger partial charge on any atom is -0.368 e. The molecule has 1 rings (SSSR count). The van der Waals surface area contributed by atoms with Crippen molar-refractivity contribution in [1.29, 1.82) is 0 Å². The van der Waals surface area contributed by atoms with E-state index in [1.807, 2.05) is 0 Å². The minimum absolute atomic E-state index is 0.154. The Balaban J connectivity index is 2.97. The average molecular weight is 303 g/mol. The van der Waals surface area contributed by atoms with Gasteiger partial charge in [-0.3, -0.25) is 9.59 Å². The number of amides is 2. The summed E-state index contributed by atoms with van der Waals surface area (Å²) >= 11 is 3.11. The molecule has 17 heavy (non-hydrogen) atoms. The summed E-state index contributed by atoms with van der Waals surface area (Å²) in [6.07, 6.45) is 0. The molecule has 0 aliphatic carbocycles. The number of carbonyl (C=O) groups is 2. The predicted octanol–water partition coefficient (Wildman–Crippen LogP) is 1.54. The Morgan fingerprint density at radius 2 is 2.12 bits per heavy atom. The summed E-state index contributed by atoms with van der Waals surface area (Å²) < 4.78 is 13.2. The Labute approximate surface area is 107 Å². The maximum absolute atomic E-state index is 12.9. The number of nitrogens with zero attached hydrogens (tertiary/aromatic N) is 1. The number of primary amides is 1. The van der Waals surface area contributed by atoms with Gasteiger partial charge < -0.3 is 10.6 Å². The summed E-state index contributed by atoms with van der Waals surface area (Å²) in [4.78, 5) is 24.1. The molecular formula is C11H12BrFN2O2. The van der Waals surface area contributed by atoms with Crippen LogP contribution in [0.25, 0.3) is 0 Å². The van der Waals surface area contributed by atoms with Gasteiger partial charge in [0.2, 0.25) is 5.91 Å². The minimum atomic E-state index is -0.585. The summed E-state index contributed by atoms with van der Waals surface area (Å²) in [5, 5.41) is 0. The molecule has 92 valence electrons. The summed E-state index contributed by atoms with van der Waals surface area (Å²) in [6, 6.07) is 3.76. The lowest BCUT2D eigenvalue weighted by Crippen LogP contribution is -2.38. The van der Waals surface area contributed by atoms with Crippen molar-refractivity contribution in [3.63, 3.8) is 0 Å². The molecule has 0 fully saturated rings. The lowest BCUT2D eigenvalue weighted by molar-refractivity contribution is -0.118. The molecule has 0 saturated heterocycles. The first-order valence-corrected chi connectivity index (χ1v) is 5.77. The van der Waals surface area contributed by atoms with Crippen molar-refractivity contribution in [2.75, 3.05) is 13.1 Å². The molecular weight excluding hydrogens is 291 g/mol. The second kappa shape index (κ2) is 5.77. The Kier molecular flexibility index (Phi) is 4.62. The maximum atomic E-state index is 12.9. The third-order valence-electron chi connectivity index (χ3n) is 2.18. The van der Waals surface area contributed by atoms with Crippen LogP contribution in [0, 0.1) is 5.82 Å². The Bertz CT molecular complexity index is 451. The first kappa shape index (κ1) is 13.6. The zero-order valence-corrected chi connectivity index (χ0v) is 10.8. The fourth-order valence-corrected chi connectivity index (χ4v) is 1.87. The third kappa shape index (κ3) is 3.52. The second-order valence-corrected chi connectivity index (χ2v) is 4.26. The van der Waals surface area contributed by atoms with Gasteiger partial charge in [-0.1, -0.05) is 0 Å². The first-order chi connectivity index (χ1) is 7.95. The molecule has 0 atom stereocenters. The van der Waals surface area contributed by atoms with Crippen molar-refractivity contribution >= 4 is 27.7 Å². The van der Waals surface area contributed by atoms with Gasteiger partial charge in [-0.05, 0) is 41.1 Å². The van der Waals surface area contributed by atoms with Crippen LogP contribution in [-0.4, -0.2) is 29.8 Å². The SMILES string of the molecule is CCN(CC(N)=O)C(=O)c1ccc(F)cc1Br. The van der Waals surface area contributed by atoms with Crippen LogP contribution in [0.2, 0.25) is 0 Å². The largest absolute Gasteiger partial charge is 0.368 e. The van der Waals surface area contributed by atoms with E-state index in [0.29, 0.717) is 16.6 Å². The molecule has 0 radical (unpaired) electrons. The van der Waals surface area contributed by atoms with Crippen LogP contribution in [0.15, 0.2) is 22.7 Å². The molecule has 0 aliphatic heterocycles. The van der Waals surface area contributed by atoms with Crippen molar-refractivity contribution in [2.45, 2.75) is 6.92 Å². The quantitative estimate of drug-likeness (QED) is 0.917. The molecule has 4 nitrogen and oxygen atoms in total. The van der Waals surface area contributed by atoms with Crippen molar-refractivity contribution in [2.24, 2.45) is 5.73 Å². The van der Waals surface area contributed by atoms with Gasteiger partial charge in [-0.2, -0.15) is 0 Å². The number of hydrogen-bond donors (Lipinski definition) is 1. The molecule has 1 aromatic rings. The van der Waals surface area contributed by atoms with Gasteiger partial charge in [-0.15, -0.1) is 0 Å². The Hall–Kier alpha value is -1.43. The van der Waals surface area contributed by atoms with Crippen LogP contribution in [-0.2, 0) is 4.79 Å². The van der Waals surface area contributed by atoms with Gasteiger partial charge in [0.25, 0.3) is 5.91 Å². The summed E-state index contributed by atoms with van der Waals surface area (Å²) in [5.74, 6) is -1.39. The van der Waals surface area contributed by atoms with E-state index in [1.54, 1.807) is 6.92 Å². The molecule has 0 spiro atoms. The maximum Gasteiger partial charge on any atom is 0.255 e. The van der Waals surface area contributed by atoms with Crippen molar-refractivity contribution < 1.29 is 14.0 Å². The number of hydrogen-bond acceptors (Lipinski definition) is 2. The normalized spacial score (nSPS) is 10.1. The fourth-order valence-electron chi connectivity index (χ4n) is 1.35. The van der Waals surface area contributed by atoms with Gasteiger partial charge in [0, 0.05) is 11.0 Å². The zero-order chi connectivity index (χ0) is 13.0. The highest BCUT2D eigenvalue weighted by Gasteiger charge is 2.18. The van der Waals surface area contributed by atoms with E-state index in [4.69, 9.17) is 5.73 Å². The van der Waals surface area contributed by atoms with E-state index >= 15 is 0 Å². The number of nitrogens with two attached hydrogens (primary N) is 1. The highest BCUT2D eigenvalue weighted by molar-refractivity contribution is 9.10. The fraction of sp³-hybridized carbons (Fsp3) is 0.273. The van der Waals surface area contributed by atoms with E-state index in [9.17, 15) is 14.0 Å². The highest BCUT2D eigenvalue weighted by atomic mass is 79.9. The van der Waals surface area contributed by atoms with Gasteiger partial charge in [0.1, 0.15) is 5.82 Å². The van der Waals surface area contributed by atoms with Crippen molar-refractivity contribution in [1.82, 2.24) is 4.90 Å². The zero-order valence-electron chi connectivity index (χ0n) is 9.24. The molecule has 0 aromatic heterocycles. The van der Waals surface area contributed by atoms with Crippen LogP contribution >= 0.6 is 15.9 Å². The second-order valence-electron chi connectivity index (χ2n) is 3.41. The predicted molar refractivity (Wildman–Crippen MR) is 64.9 cm³/mol. The van der Waals surface area contributed by atoms with E-state index in [1.165, 1.54) is 23.1 Å². The van der Waals surface area contributed by atoms with E-state index < -0.39 is 11.7 Å². The Morgan fingerprint density at radius 1 is 1.47 bits per heavy atom. The van der Waals surface area contributed by atoms with Crippen LogP contribution in [0.4, 0.5) is 4.39 Å². The monoisotopic (exact) mass is 302 g/mol. The lowest BCUT2D eigenvalue weighted by Gasteiger charge is -2.19. The van der Waals surface area contributed by atoms with E-state index in [-0.39, 0.29) is 12.5 Å². The molecule has 0 unspecified atom stereocenters. The topological polar surface area (TPSA) is 63.4 Å². The van der Waals surface area contributed by atoms with Gasteiger partial charge in [-0.25, -0.2) is 4.39 Å². The molecule has 0 heterocycles. The molecule has 2 N–H and O–H groups in total. The number of halogens is 2. The molecule has 0 bridgehead atoms. The number of benzene rings is 1. The van der Waals surface area contributed by atoms with Crippen LogP contribution in [0.1, 0.15) is 17.3 Å². The van der Waals surface area contributed by atoms with Crippen LogP contribution in [0.3, 0.4) is 0 Å². The summed E-state index contributed by atoms with van der Waals surface area (Å²) in [5.41, 5.74) is 5.34. The smallest absolute Gasteiger partial charge is 0.255 e. The summed E-state index contributed by atoms with van der Waals surface area (Å²) in [6.45, 7) is 1.93. The Morgan fingerprint density at radius 3 is 2.59 bits per heavy atom. The van der Waals surface area contributed by atoms with Crippen LogP contribution < -0.4 is 5.73 Å². The molecule has 6 heteroatoms. The molecule has 0 aliphatic rings. The summed E-state index contributed by atoms with van der Waals surface area (Å²) in [7, 11) is 0. The molecule has 1 aromatic carbocycles. The molecule has 2 amide bonds. The standard InChI is InChI=1S/C11H12BrFN2O2/c1-2-15(6-10(14)16)11(17)8-4-3-7(13)5-9(8)12/h3-5H,2,6H2,1H3,(H2,14,16). The van der Waals surface area contributed by atoms with Gasteiger partial charge in [0.05, 0.1) is 12.1 Å². The third-order valence-corrected chi connectivity index (χ3v) is 2.83. The average Bonchev–Trinajstić information content (AvgIpc) is 2.24. The van der Waals surface area contributed by atoms with Crippen molar-refractivity contribution in [3.05, 3.63) is 34.1 Å². The number of rotatable bonds is 4. The van der Waals surface area contributed by atoms with E-state index in [2.05, 4.69) is 15.9 Å². The number of carbonyl (C=O) groups excluding carboxylic acids is 2. The lowest BCUT2D eigenvalue weighted by atomic mass is 10.2. The number of likely N-dealkylation sites (N-methyl/N-ethyl adjacent to an activating group) is 1. The molecule has 0 saturated carbocycles.